The molecule has 0 aliphatic rings. The number of hydrogen-bond acceptors (Lipinski definition) is 0. The van der Waals surface area contributed by atoms with Crippen molar-refractivity contribution in [3.63, 3.8) is 0 Å². The van der Waals surface area contributed by atoms with Crippen LogP contribution in [0.15, 0.2) is 115 Å². The van der Waals surface area contributed by atoms with Gasteiger partial charge in [-0.1, -0.05) is 68.6 Å². The van der Waals surface area contributed by atoms with E-state index >= 15 is 0 Å². The third-order valence-corrected chi connectivity index (χ3v) is 5.93. The minimum absolute atomic E-state index is 0. The second kappa shape index (κ2) is 10.1. The summed E-state index contributed by atoms with van der Waals surface area (Å²) >= 11 is 0. The van der Waals surface area contributed by atoms with Crippen LogP contribution in [0.2, 0.25) is 0 Å². The van der Waals surface area contributed by atoms with E-state index in [2.05, 4.69) is 84.9 Å². The molecule has 0 radical (unpaired) electrons. The van der Waals surface area contributed by atoms with Crippen LogP contribution in [-0.4, -0.2) is 0 Å². The second-order valence-electron chi connectivity index (χ2n) is 5.11. The fourth-order valence-corrected chi connectivity index (χ4v) is 4.74. The molecule has 0 aromatic heterocycles. The van der Waals surface area contributed by atoms with Crippen LogP contribution < -0.4 is 15.9 Å². The van der Waals surface area contributed by atoms with Crippen LogP contribution >= 0.6 is 7.92 Å². The SMILES string of the molecule is [Ru].[cH-]1[cH-][cH-][cH-][cH-]1.c1ccc(P(c2ccccc2)[c-]2cccc2)cc1. The van der Waals surface area contributed by atoms with Crippen molar-refractivity contribution in [3.05, 3.63) is 115 Å². The van der Waals surface area contributed by atoms with E-state index in [1.54, 1.807) is 0 Å². The summed E-state index contributed by atoms with van der Waals surface area (Å²) in [7, 11) is -0.409. The van der Waals surface area contributed by atoms with Crippen molar-refractivity contribution in [2.75, 3.05) is 0 Å². The van der Waals surface area contributed by atoms with E-state index in [1.807, 2.05) is 30.3 Å². The third-order valence-electron chi connectivity index (χ3n) is 3.49. The smallest absolute Gasteiger partial charge is 0 e. The number of benzene rings is 2. The van der Waals surface area contributed by atoms with E-state index in [0.29, 0.717) is 0 Å². The van der Waals surface area contributed by atoms with Gasteiger partial charge >= 0.3 is 0 Å². The van der Waals surface area contributed by atoms with Gasteiger partial charge in [-0.15, -0.1) is 5.30 Å². The molecule has 4 rings (SSSR count). The normalized spacial score (nSPS) is 9.71. The Labute approximate surface area is 158 Å². The predicted octanol–water partition coefficient (Wildman–Crippen LogP) is 4.57. The second-order valence-corrected chi connectivity index (χ2v) is 7.33. The molecule has 0 fully saturated rings. The van der Waals surface area contributed by atoms with Crippen molar-refractivity contribution in [2.45, 2.75) is 0 Å². The Balaban J connectivity index is 0.000000300. The monoisotopic (exact) mass is 416 g/mol. The maximum Gasteiger partial charge on any atom is 0 e. The van der Waals surface area contributed by atoms with Crippen molar-refractivity contribution in [2.24, 2.45) is 0 Å². The van der Waals surface area contributed by atoms with Crippen molar-refractivity contribution in [1.29, 1.82) is 0 Å². The Morgan fingerprint density at radius 1 is 0.542 bits per heavy atom. The molecule has 126 valence electrons. The van der Waals surface area contributed by atoms with Gasteiger partial charge < -0.3 is 30.3 Å². The zero-order valence-electron chi connectivity index (χ0n) is 13.3. The standard InChI is InChI=1S/C17H14P.C5H5.Ru/c1-3-9-15(10-4-1)18(17-13-7-8-14-17)16-11-5-2-6-12-16;1-2-4-5-3-1;/h1-14H;1-5H;/q-1;-5;. The fraction of sp³-hybridized carbons (Fsp3) is 0. The van der Waals surface area contributed by atoms with Crippen LogP contribution in [0.4, 0.5) is 0 Å². The molecular formula is C22H19PRu-6. The zero-order chi connectivity index (χ0) is 15.7. The van der Waals surface area contributed by atoms with Gasteiger partial charge in [-0.2, -0.15) is 12.1 Å². The first-order valence-electron chi connectivity index (χ1n) is 7.74. The van der Waals surface area contributed by atoms with Gasteiger partial charge in [0.2, 0.25) is 0 Å². The van der Waals surface area contributed by atoms with E-state index in [1.165, 1.54) is 15.9 Å². The minimum Gasteiger partial charge on any atom is -0.748 e. The van der Waals surface area contributed by atoms with Crippen LogP contribution in [0.5, 0.6) is 0 Å². The Morgan fingerprint density at radius 2 is 0.917 bits per heavy atom. The topological polar surface area (TPSA) is 0 Å². The molecule has 24 heavy (non-hydrogen) atoms. The number of hydrogen-bond donors (Lipinski definition) is 0. The Bertz CT molecular complexity index is 703. The van der Waals surface area contributed by atoms with Crippen molar-refractivity contribution < 1.29 is 19.5 Å². The fourth-order valence-electron chi connectivity index (χ4n) is 2.44. The molecule has 0 aliphatic carbocycles. The molecule has 0 amide bonds. The van der Waals surface area contributed by atoms with E-state index in [0.717, 1.165) is 0 Å². The summed E-state index contributed by atoms with van der Waals surface area (Å²) in [6.07, 6.45) is 0. The van der Waals surface area contributed by atoms with Gasteiger partial charge in [0.25, 0.3) is 0 Å². The molecule has 0 spiro atoms. The summed E-state index contributed by atoms with van der Waals surface area (Å²) in [5.41, 5.74) is 0. The first-order valence-corrected chi connectivity index (χ1v) is 9.08. The first kappa shape index (κ1) is 18.5. The minimum atomic E-state index is -0.409. The molecule has 0 saturated carbocycles. The van der Waals surface area contributed by atoms with Crippen molar-refractivity contribution in [3.8, 4) is 0 Å². The third kappa shape index (κ3) is 5.10. The maximum absolute atomic E-state index is 2.23. The Kier molecular flexibility index (Phi) is 7.83. The van der Waals surface area contributed by atoms with Gasteiger partial charge in [0.15, 0.2) is 0 Å². The zero-order valence-corrected chi connectivity index (χ0v) is 15.9. The molecule has 0 aliphatic heterocycles. The van der Waals surface area contributed by atoms with Gasteiger partial charge in [-0.3, -0.25) is 0 Å². The molecule has 4 aromatic rings. The van der Waals surface area contributed by atoms with Crippen molar-refractivity contribution >= 4 is 23.8 Å². The summed E-state index contributed by atoms with van der Waals surface area (Å²) < 4.78 is 0. The van der Waals surface area contributed by atoms with Gasteiger partial charge in [0.05, 0.1) is 0 Å². The molecule has 0 unspecified atom stereocenters. The number of rotatable bonds is 3. The van der Waals surface area contributed by atoms with Gasteiger partial charge in [0.1, 0.15) is 0 Å². The van der Waals surface area contributed by atoms with E-state index in [-0.39, 0.29) is 19.5 Å². The molecule has 4 aromatic carbocycles. The van der Waals surface area contributed by atoms with Crippen LogP contribution in [0.1, 0.15) is 0 Å². The molecule has 0 N–H and O–H groups in total. The molecule has 2 heteroatoms. The average molecular weight is 415 g/mol. The van der Waals surface area contributed by atoms with Crippen LogP contribution in [0, 0.1) is 0 Å². The first-order chi connectivity index (χ1) is 11.4. The molecule has 0 heterocycles. The molecule has 0 nitrogen and oxygen atoms in total. The van der Waals surface area contributed by atoms with E-state index < -0.39 is 7.92 Å². The molecule has 0 saturated heterocycles. The van der Waals surface area contributed by atoms with E-state index in [9.17, 15) is 0 Å². The van der Waals surface area contributed by atoms with Crippen LogP contribution in [0.25, 0.3) is 0 Å². The molecule has 0 atom stereocenters. The molecular weight excluding hydrogens is 396 g/mol. The summed E-state index contributed by atoms with van der Waals surface area (Å²) in [4.78, 5) is 0. The largest absolute Gasteiger partial charge is 0.748 e. The Hall–Kier alpha value is -1.81. The van der Waals surface area contributed by atoms with Gasteiger partial charge in [-0.25, -0.2) is 12.1 Å². The predicted molar refractivity (Wildman–Crippen MR) is 103 cm³/mol. The summed E-state index contributed by atoms with van der Waals surface area (Å²) in [5, 5.41) is 4.23. The Morgan fingerprint density at radius 3 is 1.29 bits per heavy atom. The molecule has 0 bridgehead atoms. The summed E-state index contributed by atoms with van der Waals surface area (Å²) in [6.45, 7) is 0. The van der Waals surface area contributed by atoms with Gasteiger partial charge in [0, 0.05) is 19.5 Å². The summed E-state index contributed by atoms with van der Waals surface area (Å²) in [6, 6.07) is 40.2. The van der Waals surface area contributed by atoms with Gasteiger partial charge in [-0.05, 0) is 10.6 Å². The van der Waals surface area contributed by atoms with Crippen LogP contribution in [-0.2, 0) is 19.5 Å². The quantitative estimate of drug-likeness (QED) is 0.261. The van der Waals surface area contributed by atoms with E-state index in [4.69, 9.17) is 0 Å². The maximum atomic E-state index is 2.23. The summed E-state index contributed by atoms with van der Waals surface area (Å²) in [5.74, 6) is 0. The van der Waals surface area contributed by atoms with Crippen LogP contribution in [0.3, 0.4) is 0 Å². The average Bonchev–Trinajstić information content (AvgIpc) is 3.34. The van der Waals surface area contributed by atoms with Crippen molar-refractivity contribution in [1.82, 2.24) is 0 Å².